The molecule has 0 aliphatic heterocycles. The van der Waals surface area contributed by atoms with Crippen LogP contribution in [-0.4, -0.2) is 31.0 Å². The minimum Gasteiger partial charge on any atom is -0.495 e. The van der Waals surface area contributed by atoms with Gasteiger partial charge in [-0.05, 0) is 30.0 Å². The number of ether oxygens (including phenoxy) is 2. The minimum atomic E-state index is 0.356. The van der Waals surface area contributed by atoms with E-state index in [-0.39, 0.29) is 0 Å². The first-order valence-corrected chi connectivity index (χ1v) is 10.2. The molecule has 7 heteroatoms. The quantitative estimate of drug-likeness (QED) is 0.519. The van der Waals surface area contributed by atoms with E-state index in [9.17, 15) is 0 Å². The monoisotopic (exact) mass is 443 g/mol. The molecule has 0 fully saturated rings. The summed E-state index contributed by atoms with van der Waals surface area (Å²) < 4.78 is 10.7. The van der Waals surface area contributed by atoms with E-state index >= 15 is 0 Å². The summed E-state index contributed by atoms with van der Waals surface area (Å²) >= 11 is 13.0. The zero-order valence-corrected chi connectivity index (χ0v) is 18.4. The molecule has 0 saturated carbocycles. The second-order valence-corrected chi connectivity index (χ2v) is 7.31. The third kappa shape index (κ3) is 4.91. The fourth-order valence-electron chi connectivity index (χ4n) is 3.20. The van der Waals surface area contributed by atoms with Gasteiger partial charge in [0.25, 0.3) is 0 Å². The molecule has 0 unspecified atom stereocenters. The van der Waals surface area contributed by atoms with Crippen LogP contribution < -0.4 is 15.2 Å². The van der Waals surface area contributed by atoms with Crippen molar-refractivity contribution < 1.29 is 9.47 Å². The van der Waals surface area contributed by atoms with Crippen molar-refractivity contribution in [2.75, 3.05) is 20.8 Å². The molecule has 2 aromatic carbocycles. The number of halogens is 2. The lowest BCUT2D eigenvalue weighted by atomic mass is 10.0. The minimum absolute atomic E-state index is 0.356. The van der Waals surface area contributed by atoms with Gasteiger partial charge in [-0.15, -0.1) is 0 Å². The second kappa shape index (κ2) is 10.4. The van der Waals surface area contributed by atoms with Crippen molar-refractivity contribution in [1.82, 2.24) is 10.2 Å². The molecule has 3 N–H and O–H groups in total. The van der Waals surface area contributed by atoms with Crippen LogP contribution in [0.15, 0.2) is 36.4 Å². The Hall–Kier alpha value is -2.65. The van der Waals surface area contributed by atoms with Crippen LogP contribution in [0, 0.1) is 11.8 Å². The summed E-state index contributed by atoms with van der Waals surface area (Å²) in [5, 5.41) is 8.58. The first-order valence-electron chi connectivity index (χ1n) is 9.46. The van der Waals surface area contributed by atoms with E-state index in [2.05, 4.69) is 28.1 Å². The van der Waals surface area contributed by atoms with Crippen molar-refractivity contribution in [3.63, 3.8) is 0 Å². The Kier molecular flexibility index (Phi) is 7.64. The third-order valence-corrected chi connectivity index (χ3v) is 5.57. The Morgan fingerprint density at radius 2 is 1.70 bits per heavy atom. The Balaban J connectivity index is 1.81. The Labute approximate surface area is 186 Å². The molecule has 0 saturated heterocycles. The molecule has 0 aliphatic rings. The number of benzene rings is 2. The van der Waals surface area contributed by atoms with Crippen molar-refractivity contribution >= 4 is 23.2 Å². The van der Waals surface area contributed by atoms with Crippen molar-refractivity contribution in [1.29, 1.82) is 0 Å². The van der Waals surface area contributed by atoms with Gasteiger partial charge in [0.05, 0.1) is 36.5 Å². The van der Waals surface area contributed by atoms with Crippen molar-refractivity contribution in [3.05, 3.63) is 63.3 Å². The van der Waals surface area contributed by atoms with E-state index in [4.69, 9.17) is 38.4 Å². The number of aryl methyl sites for hydroxylation is 1. The molecule has 30 heavy (non-hydrogen) atoms. The molecule has 0 atom stereocenters. The number of nitrogens with two attached hydrogens (primary N) is 1. The molecule has 0 amide bonds. The van der Waals surface area contributed by atoms with Gasteiger partial charge in [0.1, 0.15) is 11.5 Å². The number of methoxy groups -OCH3 is 2. The zero-order valence-electron chi connectivity index (χ0n) is 16.9. The first-order chi connectivity index (χ1) is 14.6. The Morgan fingerprint density at radius 3 is 2.37 bits per heavy atom. The van der Waals surface area contributed by atoms with Crippen LogP contribution in [-0.2, 0) is 19.3 Å². The molecule has 3 aromatic rings. The fourth-order valence-corrected chi connectivity index (χ4v) is 3.89. The van der Waals surface area contributed by atoms with Gasteiger partial charge in [0, 0.05) is 23.7 Å². The Morgan fingerprint density at radius 1 is 1.00 bits per heavy atom. The molecule has 1 heterocycles. The van der Waals surface area contributed by atoms with E-state index in [0.29, 0.717) is 47.4 Å². The zero-order chi connectivity index (χ0) is 21.5. The number of aromatic nitrogens is 2. The predicted octanol–water partition coefficient (Wildman–Crippen LogP) is 4.69. The van der Waals surface area contributed by atoms with Crippen LogP contribution in [0.1, 0.15) is 16.8 Å². The average Bonchev–Trinajstić information content (AvgIpc) is 3.23. The topological polar surface area (TPSA) is 73.2 Å². The summed E-state index contributed by atoms with van der Waals surface area (Å²) in [4.78, 5) is 0. The van der Waals surface area contributed by atoms with Crippen molar-refractivity contribution in [3.8, 4) is 34.6 Å². The maximum atomic E-state index is 6.48. The molecule has 3 rings (SSSR count). The van der Waals surface area contributed by atoms with Gasteiger partial charge in [-0.3, -0.25) is 5.10 Å². The van der Waals surface area contributed by atoms with Gasteiger partial charge < -0.3 is 15.2 Å². The maximum Gasteiger partial charge on any atom is 0.141 e. The number of nitrogens with zero attached hydrogens (tertiary/aromatic N) is 1. The van der Waals surface area contributed by atoms with Crippen LogP contribution in [0.5, 0.6) is 11.5 Å². The number of hydrogen-bond donors (Lipinski definition) is 2. The summed E-state index contributed by atoms with van der Waals surface area (Å²) in [7, 11) is 3.13. The van der Waals surface area contributed by atoms with Gasteiger partial charge in [-0.25, -0.2) is 0 Å². The van der Waals surface area contributed by atoms with Gasteiger partial charge in [-0.2, -0.15) is 5.10 Å². The standard InChI is InChI=1S/C23H23Cl2N3O2/c1-29-20-14-21(30-2)23(25)18(22(20)24)11-10-16-13-19(28-27-16)17-9-4-3-7-15(17)8-5-6-12-26/h3-4,7,9,13-14H,8,10-12,26H2,1-2H3,(H,27,28). The van der Waals surface area contributed by atoms with E-state index in [1.807, 2.05) is 24.3 Å². The first kappa shape index (κ1) is 22.0. The maximum absolute atomic E-state index is 6.48. The molecule has 1 aromatic heterocycles. The summed E-state index contributed by atoms with van der Waals surface area (Å²) in [6, 6.07) is 11.8. The highest BCUT2D eigenvalue weighted by Gasteiger charge is 2.17. The molecule has 0 radical (unpaired) electrons. The van der Waals surface area contributed by atoms with Gasteiger partial charge in [-0.1, -0.05) is 59.3 Å². The molecule has 0 bridgehead atoms. The van der Waals surface area contributed by atoms with E-state index < -0.39 is 0 Å². The molecule has 0 spiro atoms. The third-order valence-electron chi connectivity index (χ3n) is 4.74. The molecule has 5 nitrogen and oxygen atoms in total. The number of H-pyrrole nitrogens is 1. The smallest absolute Gasteiger partial charge is 0.141 e. The van der Waals surface area contributed by atoms with Gasteiger partial charge >= 0.3 is 0 Å². The molecule has 0 aliphatic carbocycles. The molecular formula is C23H23Cl2N3O2. The SMILES string of the molecule is COc1cc(OC)c(Cl)c(CCc2cc(-c3ccccc3CC#CCN)n[nH]2)c1Cl. The summed E-state index contributed by atoms with van der Waals surface area (Å²) in [5.41, 5.74) is 10.2. The van der Waals surface area contributed by atoms with Crippen molar-refractivity contribution in [2.45, 2.75) is 19.3 Å². The average molecular weight is 444 g/mol. The van der Waals surface area contributed by atoms with Crippen molar-refractivity contribution in [2.24, 2.45) is 5.73 Å². The Bertz CT molecular complexity index is 1060. The lowest BCUT2D eigenvalue weighted by Crippen LogP contribution is -1.98. The number of rotatable bonds is 7. The van der Waals surface area contributed by atoms with Crippen LogP contribution >= 0.6 is 23.2 Å². The van der Waals surface area contributed by atoms with Gasteiger partial charge in [0.2, 0.25) is 0 Å². The lowest BCUT2D eigenvalue weighted by molar-refractivity contribution is 0.393. The van der Waals surface area contributed by atoms with Crippen LogP contribution in [0.25, 0.3) is 11.3 Å². The van der Waals surface area contributed by atoms with E-state index in [1.54, 1.807) is 20.3 Å². The molecular weight excluding hydrogens is 421 g/mol. The van der Waals surface area contributed by atoms with E-state index in [0.717, 1.165) is 28.1 Å². The van der Waals surface area contributed by atoms with E-state index in [1.165, 1.54) is 0 Å². The summed E-state index contributed by atoms with van der Waals surface area (Å²) in [6.45, 7) is 0.356. The van der Waals surface area contributed by atoms with Crippen LogP contribution in [0.3, 0.4) is 0 Å². The summed E-state index contributed by atoms with van der Waals surface area (Å²) in [6.07, 6.45) is 1.92. The summed E-state index contributed by atoms with van der Waals surface area (Å²) in [5.74, 6) is 7.05. The predicted molar refractivity (Wildman–Crippen MR) is 122 cm³/mol. The highest BCUT2D eigenvalue weighted by Crippen LogP contribution is 2.40. The number of aromatic amines is 1. The number of nitrogens with one attached hydrogen (secondary N) is 1. The largest absolute Gasteiger partial charge is 0.495 e. The van der Waals surface area contributed by atoms with Gasteiger partial charge in [0.15, 0.2) is 0 Å². The van der Waals surface area contributed by atoms with Crippen LogP contribution in [0.2, 0.25) is 10.0 Å². The lowest BCUT2D eigenvalue weighted by Gasteiger charge is -2.14. The normalized spacial score (nSPS) is 10.4. The fraction of sp³-hybridized carbons (Fsp3) is 0.261. The van der Waals surface area contributed by atoms with Crippen LogP contribution in [0.4, 0.5) is 0 Å². The highest BCUT2D eigenvalue weighted by atomic mass is 35.5. The second-order valence-electron chi connectivity index (χ2n) is 6.56. The number of hydrogen-bond acceptors (Lipinski definition) is 4. The molecule has 156 valence electrons. The highest BCUT2D eigenvalue weighted by molar-refractivity contribution is 6.37.